The minimum absolute atomic E-state index is 0.148. The second kappa shape index (κ2) is 10.5. The van der Waals surface area contributed by atoms with E-state index in [0.717, 1.165) is 12.2 Å². The van der Waals surface area contributed by atoms with Gasteiger partial charge in [0.15, 0.2) is 0 Å². The van der Waals surface area contributed by atoms with E-state index in [0.29, 0.717) is 0 Å². The monoisotopic (exact) mass is 404 g/mol. The quantitative estimate of drug-likeness (QED) is 0.405. The van der Waals surface area contributed by atoms with Crippen LogP contribution < -0.4 is 15.5 Å². The van der Waals surface area contributed by atoms with E-state index in [9.17, 15) is 0 Å². The molecule has 2 aliphatic heterocycles. The minimum Gasteiger partial charge on any atom is -0.353 e. The summed E-state index contributed by atoms with van der Waals surface area (Å²) in [5.74, 6) is 0. The molecular weight excluding hydrogens is 368 g/mol. The molecule has 0 amide bonds. The zero-order valence-electron chi connectivity index (χ0n) is 18.4. The van der Waals surface area contributed by atoms with Crippen molar-refractivity contribution in [1.29, 1.82) is 0 Å². The Labute approximate surface area is 181 Å². The van der Waals surface area contributed by atoms with Crippen LogP contribution in [0.15, 0.2) is 53.3 Å². The van der Waals surface area contributed by atoms with Gasteiger partial charge in [0.25, 0.3) is 0 Å². The second-order valence-electron chi connectivity index (χ2n) is 8.65. The molecule has 4 heteroatoms. The summed E-state index contributed by atoms with van der Waals surface area (Å²) in [5.41, 5.74) is 3.60. The molecule has 0 saturated carbocycles. The molecule has 1 atom stereocenters. The van der Waals surface area contributed by atoms with Gasteiger partial charge in [-0.05, 0) is 29.3 Å². The Hall–Kier alpha value is -2.49. The summed E-state index contributed by atoms with van der Waals surface area (Å²) in [4.78, 5) is 6.81. The van der Waals surface area contributed by atoms with Crippen molar-refractivity contribution in [2.45, 2.75) is 77.3 Å². The topological polar surface area (TPSA) is 39.7 Å². The fraction of sp³-hybridized carbons (Fsp3) is 0.500. The Morgan fingerprint density at radius 2 is 1.53 bits per heavy atom. The van der Waals surface area contributed by atoms with E-state index in [1.54, 1.807) is 0 Å². The maximum atomic E-state index is 4.30. The van der Waals surface area contributed by atoms with Crippen LogP contribution >= 0.6 is 0 Å². The zero-order valence-corrected chi connectivity index (χ0v) is 18.4. The van der Waals surface area contributed by atoms with Gasteiger partial charge in [-0.15, -0.1) is 0 Å². The van der Waals surface area contributed by atoms with Crippen molar-refractivity contribution in [3.63, 3.8) is 0 Å². The SMILES string of the molecule is CCCCCCCCCCCCN1c2cc3ccccc3cc2NC2=CN=CNC21. The highest BCUT2D eigenvalue weighted by Crippen LogP contribution is 2.38. The molecule has 0 saturated heterocycles. The molecule has 0 radical (unpaired) electrons. The van der Waals surface area contributed by atoms with Crippen LogP contribution in [0.1, 0.15) is 71.1 Å². The van der Waals surface area contributed by atoms with Gasteiger partial charge in [-0.25, -0.2) is 4.99 Å². The molecule has 2 aromatic carbocycles. The third-order valence-electron chi connectivity index (χ3n) is 6.33. The third kappa shape index (κ3) is 4.97. The first kappa shape index (κ1) is 20.8. The van der Waals surface area contributed by atoms with E-state index in [1.165, 1.54) is 86.4 Å². The van der Waals surface area contributed by atoms with Gasteiger partial charge in [-0.3, -0.25) is 0 Å². The first-order valence-corrected chi connectivity index (χ1v) is 11.9. The lowest BCUT2D eigenvalue weighted by molar-refractivity contribution is 0.540. The van der Waals surface area contributed by atoms with Gasteiger partial charge < -0.3 is 15.5 Å². The van der Waals surface area contributed by atoms with Crippen molar-refractivity contribution in [2.75, 3.05) is 16.8 Å². The number of hydrogen-bond acceptors (Lipinski definition) is 4. The third-order valence-corrected chi connectivity index (χ3v) is 6.33. The van der Waals surface area contributed by atoms with E-state index >= 15 is 0 Å². The van der Waals surface area contributed by atoms with Gasteiger partial charge in [-0.2, -0.15) is 0 Å². The molecule has 4 nitrogen and oxygen atoms in total. The van der Waals surface area contributed by atoms with Crippen LogP contribution in [0, 0.1) is 0 Å². The molecule has 2 aliphatic rings. The first-order chi connectivity index (χ1) is 14.9. The van der Waals surface area contributed by atoms with Crippen LogP contribution in [0.5, 0.6) is 0 Å². The zero-order chi connectivity index (χ0) is 20.6. The van der Waals surface area contributed by atoms with Crippen LogP contribution in [-0.4, -0.2) is 19.0 Å². The van der Waals surface area contributed by atoms with Crippen molar-refractivity contribution in [1.82, 2.24) is 5.32 Å². The molecular formula is C26H36N4. The molecule has 1 unspecified atom stereocenters. The smallest absolute Gasteiger partial charge is 0.143 e. The van der Waals surface area contributed by atoms with Crippen molar-refractivity contribution < 1.29 is 0 Å². The van der Waals surface area contributed by atoms with Gasteiger partial charge in [0.2, 0.25) is 0 Å². The molecule has 0 fully saturated rings. The Morgan fingerprint density at radius 3 is 2.27 bits per heavy atom. The number of anilines is 2. The number of unbranched alkanes of at least 4 members (excludes halogenated alkanes) is 9. The number of hydrogen-bond donors (Lipinski definition) is 2. The summed E-state index contributed by atoms with van der Waals surface area (Å²) in [7, 11) is 0. The number of rotatable bonds is 11. The molecule has 160 valence electrons. The highest BCUT2D eigenvalue weighted by Gasteiger charge is 2.30. The van der Waals surface area contributed by atoms with Crippen LogP contribution in [0.4, 0.5) is 11.4 Å². The van der Waals surface area contributed by atoms with Crippen LogP contribution in [0.3, 0.4) is 0 Å². The maximum absolute atomic E-state index is 4.30. The van der Waals surface area contributed by atoms with E-state index < -0.39 is 0 Å². The molecule has 0 spiro atoms. The van der Waals surface area contributed by atoms with Crippen molar-refractivity contribution >= 4 is 28.5 Å². The Morgan fingerprint density at radius 1 is 0.867 bits per heavy atom. The molecule has 2 aromatic rings. The molecule has 0 bridgehead atoms. The predicted molar refractivity (Wildman–Crippen MR) is 130 cm³/mol. The summed E-state index contributed by atoms with van der Waals surface area (Å²) in [6.07, 6.45) is 17.6. The van der Waals surface area contributed by atoms with E-state index in [2.05, 4.69) is 63.8 Å². The predicted octanol–water partition coefficient (Wildman–Crippen LogP) is 6.79. The average Bonchev–Trinajstić information content (AvgIpc) is 2.78. The molecule has 2 heterocycles. The Kier molecular flexibility index (Phi) is 7.28. The number of nitrogens with zero attached hydrogens (tertiary/aromatic N) is 2. The van der Waals surface area contributed by atoms with Crippen molar-refractivity contribution in [3.05, 3.63) is 48.3 Å². The minimum atomic E-state index is 0.148. The molecule has 0 aromatic heterocycles. The molecule has 4 rings (SSSR count). The van der Waals surface area contributed by atoms with Crippen LogP contribution in [0.25, 0.3) is 10.8 Å². The van der Waals surface area contributed by atoms with Crippen molar-refractivity contribution in [3.8, 4) is 0 Å². The normalized spacial score (nSPS) is 17.2. The van der Waals surface area contributed by atoms with Gasteiger partial charge in [0, 0.05) is 6.54 Å². The molecule has 2 N–H and O–H groups in total. The summed E-state index contributed by atoms with van der Waals surface area (Å²) < 4.78 is 0. The summed E-state index contributed by atoms with van der Waals surface area (Å²) >= 11 is 0. The van der Waals surface area contributed by atoms with Gasteiger partial charge in [0.05, 0.1) is 29.6 Å². The number of aliphatic imine (C=N–C) groups is 1. The lowest BCUT2D eigenvalue weighted by Crippen LogP contribution is -2.52. The average molecular weight is 405 g/mol. The molecule has 0 aliphatic carbocycles. The van der Waals surface area contributed by atoms with Crippen LogP contribution in [0.2, 0.25) is 0 Å². The number of benzene rings is 2. The highest BCUT2D eigenvalue weighted by molar-refractivity contribution is 5.94. The Bertz CT molecular complexity index is 886. The van der Waals surface area contributed by atoms with Gasteiger partial charge in [0.1, 0.15) is 6.17 Å². The van der Waals surface area contributed by atoms with Gasteiger partial charge >= 0.3 is 0 Å². The standard InChI is InChI=1S/C26H36N4/c1-2-3-4-5-6-7-8-9-10-13-16-30-25-18-22-15-12-11-14-21(22)17-23(25)29-24-19-27-20-28-26(24)30/h11-12,14-15,17-20,26,29H,2-10,13,16H2,1H3,(H,27,28). The summed E-state index contributed by atoms with van der Waals surface area (Å²) in [5, 5.41) is 9.62. The van der Waals surface area contributed by atoms with E-state index in [1.807, 2.05) is 12.5 Å². The number of fused-ring (bicyclic) bond motifs is 3. The van der Waals surface area contributed by atoms with Crippen LogP contribution in [-0.2, 0) is 0 Å². The fourth-order valence-corrected chi connectivity index (χ4v) is 4.63. The summed E-state index contributed by atoms with van der Waals surface area (Å²) in [6, 6.07) is 13.2. The highest BCUT2D eigenvalue weighted by atomic mass is 15.3. The second-order valence-corrected chi connectivity index (χ2v) is 8.65. The molecule has 30 heavy (non-hydrogen) atoms. The van der Waals surface area contributed by atoms with Crippen molar-refractivity contribution in [2.24, 2.45) is 4.99 Å². The lowest BCUT2D eigenvalue weighted by Gasteiger charge is -2.41. The van der Waals surface area contributed by atoms with E-state index in [4.69, 9.17) is 0 Å². The number of nitrogens with one attached hydrogen (secondary N) is 2. The van der Waals surface area contributed by atoms with E-state index in [-0.39, 0.29) is 6.17 Å². The summed E-state index contributed by atoms with van der Waals surface area (Å²) in [6.45, 7) is 3.35. The maximum Gasteiger partial charge on any atom is 0.143 e. The Balaban J connectivity index is 1.34. The van der Waals surface area contributed by atoms with Gasteiger partial charge in [-0.1, -0.05) is 89.0 Å². The fourth-order valence-electron chi connectivity index (χ4n) is 4.63. The first-order valence-electron chi connectivity index (χ1n) is 11.9. The lowest BCUT2D eigenvalue weighted by atomic mass is 10.0. The largest absolute Gasteiger partial charge is 0.353 e.